The van der Waals surface area contributed by atoms with E-state index in [1.165, 1.54) is 41.3 Å². The summed E-state index contributed by atoms with van der Waals surface area (Å²) in [6.07, 6.45) is 0.0380. The van der Waals surface area contributed by atoms with Crippen LogP contribution in [0.15, 0.2) is 91.0 Å². The Hall–Kier alpha value is -4.91. The van der Waals surface area contributed by atoms with E-state index in [0.29, 0.717) is 30.9 Å². The van der Waals surface area contributed by atoms with Crippen molar-refractivity contribution >= 4 is 23.4 Å². The van der Waals surface area contributed by atoms with E-state index in [9.17, 15) is 18.4 Å². The maximum atomic E-state index is 15.5. The van der Waals surface area contributed by atoms with Crippen LogP contribution in [-0.4, -0.2) is 63.6 Å². The second-order valence-corrected chi connectivity index (χ2v) is 11.5. The number of rotatable bonds is 14. The van der Waals surface area contributed by atoms with Crippen LogP contribution in [0, 0.1) is 17.5 Å². The van der Waals surface area contributed by atoms with Gasteiger partial charge >= 0.3 is 6.09 Å². The molecule has 2 unspecified atom stereocenters. The zero-order valence-corrected chi connectivity index (χ0v) is 26.9. The zero-order valence-electron chi connectivity index (χ0n) is 26.9. The first-order valence-electron chi connectivity index (χ1n) is 16.1. The van der Waals surface area contributed by atoms with Gasteiger partial charge < -0.3 is 30.6 Å². The van der Waals surface area contributed by atoms with Crippen molar-refractivity contribution in [2.24, 2.45) is 5.73 Å². The number of benzene rings is 4. The molecule has 0 spiro atoms. The average Bonchev–Trinajstić information content (AvgIpc) is 3.12. The van der Waals surface area contributed by atoms with Crippen LogP contribution in [0.4, 0.5) is 29.3 Å². The summed E-state index contributed by atoms with van der Waals surface area (Å²) in [5, 5.41) is 5.94. The molecular weight excluding hydrogens is 637 g/mol. The summed E-state index contributed by atoms with van der Waals surface area (Å²) >= 11 is 0. The molecule has 0 saturated carbocycles. The summed E-state index contributed by atoms with van der Waals surface area (Å²) in [6.45, 7) is 0.980. The minimum absolute atomic E-state index is 0.0968. The molecule has 0 bridgehead atoms. The molecule has 1 saturated heterocycles. The molecule has 1 fully saturated rings. The Morgan fingerprint density at radius 1 is 0.939 bits per heavy atom. The number of morpholine rings is 1. The zero-order chi connectivity index (χ0) is 34.6. The topological polar surface area (TPSA) is 115 Å². The van der Waals surface area contributed by atoms with E-state index < -0.39 is 36.0 Å². The minimum Gasteiger partial charge on any atom is -0.492 e. The number of nitrogens with two attached hydrogens (primary N) is 1. The first kappa shape index (κ1) is 35.4. The van der Waals surface area contributed by atoms with E-state index in [2.05, 4.69) is 10.6 Å². The molecule has 1 aliphatic heterocycles. The lowest BCUT2D eigenvalue weighted by Gasteiger charge is -2.31. The first-order valence-corrected chi connectivity index (χ1v) is 16.1. The SMILES string of the molecule is NCC(=O)N(c1cc(F)ccc1Cc1ccc(F)cc1)c1cccc(F)c1CCC1CNC(COC(=O)NCCOc2ccccc2)CO1. The van der Waals surface area contributed by atoms with Gasteiger partial charge in [-0.25, -0.2) is 18.0 Å². The third kappa shape index (κ3) is 10.0. The molecule has 0 aromatic heterocycles. The van der Waals surface area contributed by atoms with E-state index in [1.807, 2.05) is 30.3 Å². The third-order valence-corrected chi connectivity index (χ3v) is 8.04. The van der Waals surface area contributed by atoms with Crippen LogP contribution in [-0.2, 0) is 27.1 Å². The lowest BCUT2D eigenvalue weighted by molar-refractivity contribution is -0.116. The number of para-hydroxylation sites is 1. The van der Waals surface area contributed by atoms with Crippen LogP contribution < -0.4 is 26.0 Å². The molecule has 4 N–H and O–H groups in total. The van der Waals surface area contributed by atoms with Gasteiger partial charge in [0.1, 0.15) is 36.4 Å². The van der Waals surface area contributed by atoms with Crippen molar-refractivity contribution in [3.8, 4) is 5.75 Å². The smallest absolute Gasteiger partial charge is 0.407 e. The van der Waals surface area contributed by atoms with E-state index in [4.69, 9.17) is 19.9 Å². The van der Waals surface area contributed by atoms with Gasteiger partial charge in [0.2, 0.25) is 5.91 Å². The van der Waals surface area contributed by atoms with Crippen LogP contribution >= 0.6 is 0 Å². The van der Waals surface area contributed by atoms with Crippen LogP contribution in [0.1, 0.15) is 23.1 Å². The number of halogens is 3. The number of hydrogen-bond donors (Lipinski definition) is 3. The number of anilines is 2. The van der Waals surface area contributed by atoms with E-state index in [1.54, 1.807) is 24.3 Å². The van der Waals surface area contributed by atoms with Crippen LogP contribution in [0.5, 0.6) is 5.75 Å². The van der Waals surface area contributed by atoms with Crippen molar-refractivity contribution in [2.75, 3.05) is 44.4 Å². The molecule has 258 valence electrons. The minimum atomic E-state index is -0.583. The Bertz CT molecular complexity index is 1690. The number of carbonyl (C=O) groups is 2. The van der Waals surface area contributed by atoms with Gasteiger partial charge in [-0.05, 0) is 78.9 Å². The van der Waals surface area contributed by atoms with Crippen molar-refractivity contribution < 1.29 is 37.0 Å². The van der Waals surface area contributed by atoms with Gasteiger partial charge in [-0.1, -0.05) is 42.5 Å². The van der Waals surface area contributed by atoms with Crippen molar-refractivity contribution in [3.05, 3.63) is 125 Å². The molecule has 4 aromatic carbocycles. The summed E-state index contributed by atoms with van der Waals surface area (Å²) in [6, 6.07) is 23.4. The molecule has 49 heavy (non-hydrogen) atoms. The van der Waals surface area contributed by atoms with Gasteiger partial charge in [-0.3, -0.25) is 9.69 Å². The largest absolute Gasteiger partial charge is 0.492 e. The number of carbonyl (C=O) groups excluding carboxylic acids is 2. The quantitative estimate of drug-likeness (QED) is 0.153. The molecule has 5 rings (SSSR count). The fourth-order valence-electron chi connectivity index (χ4n) is 5.54. The van der Waals surface area contributed by atoms with E-state index in [0.717, 1.165) is 5.56 Å². The highest BCUT2D eigenvalue weighted by Gasteiger charge is 2.27. The highest BCUT2D eigenvalue weighted by Crippen LogP contribution is 2.35. The summed E-state index contributed by atoms with van der Waals surface area (Å²) in [7, 11) is 0. The lowest BCUT2D eigenvalue weighted by Crippen LogP contribution is -2.49. The Kier molecular flexibility index (Phi) is 12.6. The molecule has 1 aliphatic rings. The van der Waals surface area contributed by atoms with Crippen LogP contribution in [0.3, 0.4) is 0 Å². The summed E-state index contributed by atoms with van der Waals surface area (Å²) in [4.78, 5) is 26.7. The standard InChI is InChI=1S/C37H39F3N4O5/c38-27-12-9-25(10-13-27)19-26-11-14-28(39)20-35(26)44(36(45)21-41)34-8-4-7-33(40)32(34)16-15-31-22-43-29(23-48-31)24-49-37(46)42-17-18-47-30-5-2-1-3-6-30/h1-14,20,29,31,43H,15-19,21-24,41H2,(H,42,46). The van der Waals surface area contributed by atoms with Gasteiger partial charge in [0.25, 0.3) is 0 Å². The number of alkyl carbamates (subject to hydrolysis) is 1. The number of ether oxygens (including phenoxy) is 3. The molecule has 4 aromatic rings. The number of amides is 2. The molecule has 2 amide bonds. The van der Waals surface area contributed by atoms with Crippen molar-refractivity contribution in [3.63, 3.8) is 0 Å². The number of hydrogen-bond acceptors (Lipinski definition) is 7. The van der Waals surface area contributed by atoms with Crippen molar-refractivity contribution in [1.29, 1.82) is 0 Å². The Morgan fingerprint density at radius 3 is 2.45 bits per heavy atom. The molecule has 1 heterocycles. The Morgan fingerprint density at radius 2 is 1.71 bits per heavy atom. The number of nitrogens with zero attached hydrogens (tertiary/aromatic N) is 1. The van der Waals surface area contributed by atoms with Gasteiger partial charge in [0.15, 0.2) is 0 Å². The van der Waals surface area contributed by atoms with Crippen LogP contribution in [0.25, 0.3) is 0 Å². The lowest BCUT2D eigenvalue weighted by atomic mass is 9.99. The highest BCUT2D eigenvalue weighted by atomic mass is 19.1. The molecule has 2 atom stereocenters. The maximum absolute atomic E-state index is 15.5. The van der Waals surface area contributed by atoms with E-state index >= 15 is 4.39 Å². The van der Waals surface area contributed by atoms with Gasteiger partial charge in [0.05, 0.1) is 43.2 Å². The highest BCUT2D eigenvalue weighted by molar-refractivity contribution is 6.03. The van der Waals surface area contributed by atoms with Gasteiger partial charge in [-0.2, -0.15) is 0 Å². The molecule has 0 aliphatic carbocycles. The van der Waals surface area contributed by atoms with Crippen LogP contribution in [0.2, 0.25) is 0 Å². The van der Waals surface area contributed by atoms with Crippen molar-refractivity contribution in [2.45, 2.75) is 31.4 Å². The first-order chi connectivity index (χ1) is 23.8. The van der Waals surface area contributed by atoms with Gasteiger partial charge in [0, 0.05) is 12.1 Å². The normalized spacial score (nSPS) is 15.8. The summed E-state index contributed by atoms with van der Waals surface area (Å²) < 4.78 is 60.5. The van der Waals surface area contributed by atoms with E-state index in [-0.39, 0.29) is 61.7 Å². The molecule has 9 nitrogen and oxygen atoms in total. The molecular formula is C37H39F3N4O5. The summed E-state index contributed by atoms with van der Waals surface area (Å²) in [5.41, 5.74) is 7.84. The predicted octanol–water partition coefficient (Wildman–Crippen LogP) is 5.41. The van der Waals surface area contributed by atoms with Crippen molar-refractivity contribution in [1.82, 2.24) is 10.6 Å². The summed E-state index contributed by atoms with van der Waals surface area (Å²) in [5.74, 6) is -1.34. The third-order valence-electron chi connectivity index (χ3n) is 8.04. The fraction of sp³-hybridized carbons (Fsp3) is 0.297. The molecule has 12 heteroatoms. The monoisotopic (exact) mass is 676 g/mol. The maximum Gasteiger partial charge on any atom is 0.407 e. The Labute approximate surface area is 283 Å². The number of nitrogens with one attached hydrogen (secondary N) is 2. The Balaban J connectivity index is 1.18. The predicted molar refractivity (Wildman–Crippen MR) is 179 cm³/mol. The fourth-order valence-corrected chi connectivity index (χ4v) is 5.54. The second-order valence-electron chi connectivity index (χ2n) is 11.5. The van der Waals surface area contributed by atoms with Gasteiger partial charge in [-0.15, -0.1) is 0 Å². The second kappa shape index (κ2) is 17.5. The molecule has 0 radical (unpaired) electrons. The average molecular weight is 677 g/mol.